The second-order valence-electron chi connectivity index (χ2n) is 8.09. The predicted octanol–water partition coefficient (Wildman–Crippen LogP) is 2.94. The van der Waals surface area contributed by atoms with Crippen LogP contribution in [0.2, 0.25) is 0 Å². The number of hydrogen-bond donors (Lipinski definition) is 2. The summed E-state index contributed by atoms with van der Waals surface area (Å²) in [6.07, 6.45) is 4.02. The molecule has 0 bridgehead atoms. The quantitative estimate of drug-likeness (QED) is 0.788. The van der Waals surface area contributed by atoms with Gasteiger partial charge in [-0.05, 0) is 42.0 Å². The Balaban J connectivity index is 1.51. The minimum Gasteiger partial charge on any atom is -0.508 e. The molecule has 2 aliphatic rings. The molecule has 6 nitrogen and oxygen atoms in total. The first-order valence-corrected chi connectivity index (χ1v) is 10.4. The molecule has 1 fully saturated rings. The number of phenols is 1. The number of nitrogens with zero attached hydrogens (tertiary/aromatic N) is 2. The number of phenolic OH excluding ortho intramolecular Hbond substituents is 1. The summed E-state index contributed by atoms with van der Waals surface area (Å²) in [5.41, 5.74) is 2.34. The van der Waals surface area contributed by atoms with Gasteiger partial charge in [0.25, 0.3) is 0 Å². The Morgan fingerprint density at radius 2 is 1.89 bits per heavy atom. The smallest absolute Gasteiger partial charge is 0.317 e. The van der Waals surface area contributed by atoms with Gasteiger partial charge in [0.2, 0.25) is 0 Å². The molecule has 6 heteroatoms. The Morgan fingerprint density at radius 1 is 1.18 bits per heavy atom. The van der Waals surface area contributed by atoms with Crippen LogP contribution in [0.15, 0.2) is 30.3 Å². The zero-order chi connectivity index (χ0) is 19.9. The molecule has 1 saturated heterocycles. The molecule has 2 heterocycles. The van der Waals surface area contributed by atoms with E-state index in [0.717, 1.165) is 44.7 Å². The fraction of sp³-hybridized carbons (Fsp3) is 0.591. The van der Waals surface area contributed by atoms with Crippen LogP contribution >= 0.6 is 0 Å². The zero-order valence-electron chi connectivity index (χ0n) is 17.1. The minimum atomic E-state index is 0.0167. The summed E-state index contributed by atoms with van der Waals surface area (Å²) < 4.78 is 5.47. The van der Waals surface area contributed by atoms with Crippen molar-refractivity contribution in [2.45, 2.75) is 32.7 Å². The number of amides is 2. The molecule has 0 spiro atoms. The molecule has 28 heavy (non-hydrogen) atoms. The van der Waals surface area contributed by atoms with Crippen molar-refractivity contribution < 1.29 is 14.6 Å². The minimum absolute atomic E-state index is 0.0167. The van der Waals surface area contributed by atoms with Gasteiger partial charge in [0.1, 0.15) is 5.75 Å². The molecule has 3 rings (SSSR count). The average molecular weight is 388 g/mol. The van der Waals surface area contributed by atoms with Gasteiger partial charge in [-0.3, -0.25) is 4.90 Å². The maximum Gasteiger partial charge on any atom is 0.317 e. The van der Waals surface area contributed by atoms with Crippen molar-refractivity contribution in [3.05, 3.63) is 35.9 Å². The van der Waals surface area contributed by atoms with Crippen LogP contribution in [0.5, 0.6) is 5.75 Å². The summed E-state index contributed by atoms with van der Waals surface area (Å²) in [4.78, 5) is 17.0. The second kappa shape index (κ2) is 9.94. The Kier molecular flexibility index (Phi) is 7.34. The molecule has 2 aliphatic heterocycles. The normalized spacial score (nSPS) is 19.4. The monoisotopic (exact) mass is 387 g/mol. The van der Waals surface area contributed by atoms with E-state index in [9.17, 15) is 9.90 Å². The molecule has 1 atom stereocenters. The Bertz CT molecular complexity index is 666. The van der Waals surface area contributed by atoms with E-state index in [1.165, 1.54) is 5.57 Å². The van der Waals surface area contributed by atoms with Gasteiger partial charge in [-0.25, -0.2) is 4.79 Å². The van der Waals surface area contributed by atoms with Crippen LogP contribution in [-0.2, 0) is 4.74 Å². The van der Waals surface area contributed by atoms with E-state index in [-0.39, 0.29) is 11.8 Å². The lowest BCUT2D eigenvalue weighted by Gasteiger charge is -2.36. The average Bonchev–Trinajstić information content (AvgIpc) is 2.72. The van der Waals surface area contributed by atoms with Gasteiger partial charge < -0.3 is 20.1 Å². The number of carbonyl (C=O) groups is 1. The van der Waals surface area contributed by atoms with Crippen molar-refractivity contribution >= 4 is 11.6 Å². The fourth-order valence-electron chi connectivity index (χ4n) is 3.96. The predicted molar refractivity (Wildman–Crippen MR) is 111 cm³/mol. The molecule has 0 aromatic heterocycles. The number of nitrogens with one attached hydrogen (secondary N) is 1. The highest BCUT2D eigenvalue weighted by atomic mass is 16.5. The Morgan fingerprint density at radius 3 is 2.50 bits per heavy atom. The number of hydrogen-bond acceptors (Lipinski definition) is 4. The summed E-state index contributed by atoms with van der Waals surface area (Å²) in [5, 5.41) is 12.6. The Labute approximate surface area is 168 Å². The highest BCUT2D eigenvalue weighted by Crippen LogP contribution is 2.24. The number of aromatic hydroxyl groups is 1. The molecule has 0 saturated carbocycles. The van der Waals surface area contributed by atoms with Crippen LogP contribution in [0.25, 0.3) is 5.57 Å². The molecule has 2 amide bonds. The molecule has 1 aromatic carbocycles. The van der Waals surface area contributed by atoms with Crippen LogP contribution in [0, 0.1) is 5.92 Å². The number of morpholine rings is 1. The second-order valence-corrected chi connectivity index (χ2v) is 8.09. The number of ether oxygens (including phenoxy) is 1. The van der Waals surface area contributed by atoms with Gasteiger partial charge in [0, 0.05) is 38.8 Å². The van der Waals surface area contributed by atoms with Gasteiger partial charge >= 0.3 is 6.03 Å². The van der Waals surface area contributed by atoms with Gasteiger partial charge in [0.05, 0.1) is 13.2 Å². The standard InChI is InChI=1S/C22H33N3O3/c1-17(2)15-20(24-11-13-28-14-12-24)16-23-22(27)25-9-7-19(8-10-25)18-3-5-21(26)6-4-18/h3-7,17,20,26H,8-16H2,1-2H3,(H,23,27). The van der Waals surface area contributed by atoms with E-state index in [1.807, 2.05) is 17.0 Å². The van der Waals surface area contributed by atoms with Crippen molar-refractivity contribution in [1.29, 1.82) is 0 Å². The molecule has 2 N–H and O–H groups in total. The van der Waals surface area contributed by atoms with Crippen LogP contribution in [0.4, 0.5) is 4.79 Å². The summed E-state index contributed by atoms with van der Waals surface area (Å²) in [6.45, 7) is 9.91. The van der Waals surface area contributed by atoms with E-state index >= 15 is 0 Å². The van der Waals surface area contributed by atoms with Crippen molar-refractivity contribution in [1.82, 2.24) is 15.1 Å². The molecular formula is C22H33N3O3. The van der Waals surface area contributed by atoms with Crippen LogP contribution in [0.1, 0.15) is 32.3 Å². The number of benzene rings is 1. The lowest BCUT2D eigenvalue weighted by Crippen LogP contribution is -2.51. The third kappa shape index (κ3) is 5.72. The lowest BCUT2D eigenvalue weighted by molar-refractivity contribution is 0.0127. The van der Waals surface area contributed by atoms with Gasteiger partial charge in [-0.1, -0.05) is 32.1 Å². The summed E-state index contributed by atoms with van der Waals surface area (Å²) in [5.74, 6) is 0.868. The Hall–Kier alpha value is -2.05. The topological polar surface area (TPSA) is 65.0 Å². The molecule has 0 aliphatic carbocycles. The highest BCUT2D eigenvalue weighted by Gasteiger charge is 2.24. The molecule has 1 aromatic rings. The number of urea groups is 1. The first kappa shape index (κ1) is 20.7. The van der Waals surface area contributed by atoms with Crippen molar-refractivity contribution in [2.75, 3.05) is 45.9 Å². The first-order chi connectivity index (χ1) is 13.5. The van der Waals surface area contributed by atoms with E-state index in [0.29, 0.717) is 31.6 Å². The van der Waals surface area contributed by atoms with Crippen LogP contribution in [0.3, 0.4) is 0 Å². The number of rotatable bonds is 6. The summed E-state index contributed by atoms with van der Waals surface area (Å²) in [7, 11) is 0. The fourth-order valence-corrected chi connectivity index (χ4v) is 3.96. The SMILES string of the molecule is CC(C)CC(CNC(=O)N1CC=C(c2ccc(O)cc2)CC1)N1CCOCC1. The van der Waals surface area contributed by atoms with Crippen LogP contribution in [-0.4, -0.2) is 72.9 Å². The van der Waals surface area contributed by atoms with E-state index in [1.54, 1.807) is 12.1 Å². The third-order valence-corrected chi connectivity index (χ3v) is 5.53. The van der Waals surface area contributed by atoms with E-state index in [2.05, 4.69) is 30.1 Å². The van der Waals surface area contributed by atoms with E-state index in [4.69, 9.17) is 4.74 Å². The van der Waals surface area contributed by atoms with Crippen LogP contribution < -0.4 is 5.32 Å². The third-order valence-electron chi connectivity index (χ3n) is 5.53. The number of carbonyl (C=O) groups excluding carboxylic acids is 1. The zero-order valence-corrected chi connectivity index (χ0v) is 17.1. The largest absolute Gasteiger partial charge is 0.508 e. The molecule has 0 radical (unpaired) electrons. The van der Waals surface area contributed by atoms with Gasteiger partial charge in [-0.2, -0.15) is 0 Å². The first-order valence-electron chi connectivity index (χ1n) is 10.4. The maximum atomic E-state index is 12.7. The summed E-state index contributed by atoms with van der Waals surface area (Å²) >= 11 is 0. The molecular weight excluding hydrogens is 354 g/mol. The van der Waals surface area contributed by atoms with Crippen molar-refractivity contribution in [3.63, 3.8) is 0 Å². The summed E-state index contributed by atoms with van der Waals surface area (Å²) in [6, 6.07) is 7.64. The van der Waals surface area contributed by atoms with Gasteiger partial charge in [-0.15, -0.1) is 0 Å². The van der Waals surface area contributed by atoms with Crippen molar-refractivity contribution in [3.8, 4) is 5.75 Å². The highest BCUT2D eigenvalue weighted by molar-refractivity contribution is 5.76. The lowest BCUT2D eigenvalue weighted by atomic mass is 9.99. The van der Waals surface area contributed by atoms with Gasteiger partial charge in [0.15, 0.2) is 0 Å². The van der Waals surface area contributed by atoms with E-state index < -0.39 is 0 Å². The van der Waals surface area contributed by atoms with Crippen molar-refractivity contribution in [2.24, 2.45) is 5.92 Å². The maximum absolute atomic E-state index is 12.7. The molecule has 154 valence electrons. The molecule has 1 unspecified atom stereocenters.